The SMILES string of the molecule is CCCC(Br)c1cccc2c1C(=O)NC2=O. The van der Waals surface area contributed by atoms with Crippen molar-refractivity contribution in [2.45, 2.75) is 24.6 Å². The predicted octanol–water partition coefficient (Wildman–Crippen LogP) is 2.81. The molecule has 0 fully saturated rings. The van der Waals surface area contributed by atoms with Crippen molar-refractivity contribution in [1.29, 1.82) is 0 Å². The maximum absolute atomic E-state index is 11.7. The van der Waals surface area contributed by atoms with E-state index in [0.29, 0.717) is 11.1 Å². The maximum Gasteiger partial charge on any atom is 0.259 e. The third-order valence-corrected chi connectivity index (χ3v) is 3.63. The molecule has 1 heterocycles. The van der Waals surface area contributed by atoms with Gasteiger partial charge in [-0.25, -0.2) is 0 Å². The van der Waals surface area contributed by atoms with Crippen LogP contribution in [0.1, 0.15) is 50.9 Å². The third kappa shape index (κ3) is 1.78. The average molecular weight is 282 g/mol. The number of hydrogen-bond donors (Lipinski definition) is 1. The van der Waals surface area contributed by atoms with Crippen LogP contribution < -0.4 is 5.32 Å². The number of imide groups is 1. The first-order valence-corrected chi connectivity index (χ1v) is 6.19. The fourth-order valence-electron chi connectivity index (χ4n) is 1.92. The lowest BCUT2D eigenvalue weighted by molar-refractivity contribution is 0.0879. The van der Waals surface area contributed by atoms with Crippen molar-refractivity contribution >= 4 is 27.7 Å². The van der Waals surface area contributed by atoms with Gasteiger partial charge in [0.15, 0.2) is 0 Å². The highest BCUT2D eigenvalue weighted by Crippen LogP contribution is 2.33. The molecule has 1 atom stereocenters. The van der Waals surface area contributed by atoms with Gasteiger partial charge in [0.2, 0.25) is 0 Å². The van der Waals surface area contributed by atoms with Crippen LogP contribution in [0.5, 0.6) is 0 Å². The van der Waals surface area contributed by atoms with Crippen LogP contribution in [0.15, 0.2) is 18.2 Å². The van der Waals surface area contributed by atoms with Crippen molar-refractivity contribution in [3.05, 3.63) is 34.9 Å². The molecule has 0 aromatic heterocycles. The van der Waals surface area contributed by atoms with Gasteiger partial charge in [-0.15, -0.1) is 0 Å². The molecular weight excluding hydrogens is 270 g/mol. The summed E-state index contributed by atoms with van der Waals surface area (Å²) in [6.45, 7) is 2.09. The van der Waals surface area contributed by atoms with Crippen LogP contribution in [-0.2, 0) is 0 Å². The van der Waals surface area contributed by atoms with E-state index in [9.17, 15) is 9.59 Å². The summed E-state index contributed by atoms with van der Waals surface area (Å²) in [7, 11) is 0. The first-order valence-electron chi connectivity index (χ1n) is 5.27. The molecule has 1 unspecified atom stereocenters. The normalized spacial score (nSPS) is 15.9. The van der Waals surface area contributed by atoms with Crippen LogP contribution in [0, 0.1) is 0 Å². The maximum atomic E-state index is 11.7. The van der Waals surface area contributed by atoms with E-state index < -0.39 is 0 Å². The number of hydrogen-bond acceptors (Lipinski definition) is 2. The molecule has 0 aliphatic carbocycles. The lowest BCUT2D eigenvalue weighted by Gasteiger charge is -2.11. The van der Waals surface area contributed by atoms with Crippen LogP contribution >= 0.6 is 15.9 Å². The lowest BCUT2D eigenvalue weighted by Crippen LogP contribution is -2.20. The second-order valence-electron chi connectivity index (χ2n) is 3.81. The topological polar surface area (TPSA) is 46.2 Å². The number of nitrogens with one attached hydrogen (secondary N) is 1. The third-order valence-electron chi connectivity index (χ3n) is 2.68. The van der Waals surface area contributed by atoms with Crippen molar-refractivity contribution in [2.24, 2.45) is 0 Å². The molecule has 0 saturated heterocycles. The summed E-state index contributed by atoms with van der Waals surface area (Å²) < 4.78 is 0. The van der Waals surface area contributed by atoms with Crippen LogP contribution in [0.3, 0.4) is 0 Å². The lowest BCUT2D eigenvalue weighted by atomic mass is 9.98. The molecule has 4 heteroatoms. The Morgan fingerprint density at radius 1 is 1.31 bits per heavy atom. The van der Waals surface area contributed by atoms with Crippen LogP contribution in [0.4, 0.5) is 0 Å². The second kappa shape index (κ2) is 4.37. The Morgan fingerprint density at radius 2 is 2.06 bits per heavy atom. The molecule has 1 N–H and O–H groups in total. The number of halogens is 1. The van der Waals surface area contributed by atoms with Gasteiger partial charge in [0.1, 0.15) is 0 Å². The summed E-state index contributed by atoms with van der Waals surface area (Å²) in [5.74, 6) is -0.575. The summed E-state index contributed by atoms with van der Waals surface area (Å²) in [4.78, 5) is 23.2. The Labute approximate surface area is 102 Å². The Kier molecular flexibility index (Phi) is 3.10. The first-order chi connectivity index (χ1) is 7.65. The molecule has 0 radical (unpaired) electrons. The van der Waals surface area contributed by atoms with Gasteiger partial charge in [-0.05, 0) is 18.1 Å². The van der Waals surface area contributed by atoms with Crippen molar-refractivity contribution < 1.29 is 9.59 Å². The first kappa shape index (κ1) is 11.3. The largest absolute Gasteiger partial charge is 0.288 e. The molecule has 2 amide bonds. The fraction of sp³-hybridized carbons (Fsp3) is 0.333. The Morgan fingerprint density at radius 3 is 2.75 bits per heavy atom. The van der Waals surface area contributed by atoms with Gasteiger partial charge in [0.25, 0.3) is 11.8 Å². The Bertz CT molecular complexity index is 456. The van der Waals surface area contributed by atoms with Gasteiger partial charge in [0, 0.05) is 4.83 Å². The van der Waals surface area contributed by atoms with E-state index in [4.69, 9.17) is 0 Å². The zero-order valence-electron chi connectivity index (χ0n) is 8.92. The summed E-state index contributed by atoms with van der Waals surface area (Å²) in [6.07, 6.45) is 1.97. The number of benzene rings is 1. The monoisotopic (exact) mass is 281 g/mol. The number of fused-ring (bicyclic) bond motifs is 1. The van der Waals surface area contributed by atoms with Gasteiger partial charge in [-0.2, -0.15) is 0 Å². The zero-order valence-corrected chi connectivity index (χ0v) is 10.5. The highest BCUT2D eigenvalue weighted by Gasteiger charge is 2.30. The van der Waals surface area contributed by atoms with Crippen LogP contribution in [0.2, 0.25) is 0 Å². The molecule has 16 heavy (non-hydrogen) atoms. The van der Waals surface area contributed by atoms with Gasteiger partial charge in [-0.3, -0.25) is 14.9 Å². The number of rotatable bonds is 3. The highest BCUT2D eigenvalue weighted by atomic mass is 79.9. The van der Waals surface area contributed by atoms with Crippen molar-refractivity contribution in [3.8, 4) is 0 Å². The molecule has 1 aliphatic rings. The van der Waals surface area contributed by atoms with Gasteiger partial charge in [-0.1, -0.05) is 41.4 Å². The van der Waals surface area contributed by atoms with Gasteiger partial charge < -0.3 is 0 Å². The minimum Gasteiger partial charge on any atom is -0.288 e. The molecule has 1 aromatic carbocycles. The summed E-state index contributed by atoms with van der Waals surface area (Å²) in [6, 6.07) is 5.40. The molecule has 0 saturated carbocycles. The molecule has 84 valence electrons. The minimum absolute atomic E-state index is 0.129. The van der Waals surface area contributed by atoms with Gasteiger partial charge >= 0.3 is 0 Å². The minimum atomic E-state index is -0.293. The Hall–Kier alpha value is -1.16. The molecule has 2 rings (SSSR count). The van der Waals surface area contributed by atoms with E-state index in [1.165, 1.54) is 0 Å². The zero-order chi connectivity index (χ0) is 11.7. The number of alkyl halides is 1. The predicted molar refractivity (Wildman–Crippen MR) is 64.8 cm³/mol. The fourth-order valence-corrected chi connectivity index (χ4v) is 2.76. The summed E-state index contributed by atoms with van der Waals surface area (Å²) in [5, 5.41) is 2.32. The van der Waals surface area contributed by atoms with E-state index in [-0.39, 0.29) is 16.6 Å². The smallest absolute Gasteiger partial charge is 0.259 e. The van der Waals surface area contributed by atoms with Crippen molar-refractivity contribution in [3.63, 3.8) is 0 Å². The highest BCUT2D eigenvalue weighted by molar-refractivity contribution is 9.09. The van der Waals surface area contributed by atoms with Gasteiger partial charge in [0.05, 0.1) is 11.1 Å². The standard InChI is InChI=1S/C12H12BrNO2/c1-2-4-9(13)7-5-3-6-8-10(7)12(16)14-11(8)15/h3,5-6,9H,2,4H2,1H3,(H,14,15,16). The van der Waals surface area contributed by atoms with E-state index in [1.807, 2.05) is 12.1 Å². The summed E-state index contributed by atoms with van der Waals surface area (Å²) in [5.41, 5.74) is 1.92. The number of carbonyl (C=O) groups excluding carboxylic acids is 2. The molecular formula is C12H12BrNO2. The van der Waals surface area contributed by atoms with E-state index >= 15 is 0 Å². The van der Waals surface area contributed by atoms with E-state index in [1.54, 1.807) is 6.07 Å². The van der Waals surface area contributed by atoms with Crippen LogP contribution in [0.25, 0.3) is 0 Å². The van der Waals surface area contributed by atoms with Crippen molar-refractivity contribution in [2.75, 3.05) is 0 Å². The number of amides is 2. The van der Waals surface area contributed by atoms with Crippen LogP contribution in [-0.4, -0.2) is 11.8 Å². The van der Waals surface area contributed by atoms with E-state index in [2.05, 4.69) is 28.2 Å². The Balaban J connectivity index is 2.49. The average Bonchev–Trinajstić information content (AvgIpc) is 2.55. The quantitative estimate of drug-likeness (QED) is 0.684. The second-order valence-corrected chi connectivity index (χ2v) is 4.91. The van der Waals surface area contributed by atoms with E-state index in [0.717, 1.165) is 18.4 Å². The molecule has 1 aromatic rings. The molecule has 3 nitrogen and oxygen atoms in total. The number of carbonyl (C=O) groups is 2. The summed E-state index contributed by atoms with van der Waals surface area (Å²) >= 11 is 3.56. The molecule has 1 aliphatic heterocycles. The molecule has 0 spiro atoms. The van der Waals surface area contributed by atoms with Crippen molar-refractivity contribution in [1.82, 2.24) is 5.32 Å². The molecule has 0 bridgehead atoms.